The standard InChI is InChI=1S/C17H30N2OS/c18-16(21)17(11-7-2-1-3-8-12-17)19-15(20)13-14-9-5-4-6-10-14/h14H,1-13H2,(H2,18,21)(H,19,20). The molecule has 3 nitrogen and oxygen atoms in total. The van der Waals surface area contributed by atoms with Crippen LogP contribution in [0.25, 0.3) is 0 Å². The molecule has 2 saturated carbocycles. The second-order valence-electron chi connectivity index (χ2n) is 6.97. The van der Waals surface area contributed by atoms with Gasteiger partial charge in [-0.3, -0.25) is 4.79 Å². The first-order valence-corrected chi connectivity index (χ1v) is 9.14. The molecule has 0 aromatic heterocycles. The van der Waals surface area contributed by atoms with Crippen LogP contribution in [0.4, 0.5) is 0 Å². The number of hydrogen-bond acceptors (Lipinski definition) is 2. The molecule has 0 heterocycles. The molecule has 0 aromatic rings. The van der Waals surface area contributed by atoms with Crippen molar-refractivity contribution in [3.05, 3.63) is 0 Å². The number of hydrogen-bond donors (Lipinski definition) is 2. The van der Waals surface area contributed by atoms with Crippen LogP contribution in [-0.2, 0) is 4.79 Å². The maximum Gasteiger partial charge on any atom is 0.221 e. The molecule has 0 radical (unpaired) electrons. The summed E-state index contributed by atoms with van der Waals surface area (Å²) in [6.45, 7) is 0. The molecular formula is C17H30N2OS. The van der Waals surface area contributed by atoms with Gasteiger partial charge < -0.3 is 11.1 Å². The third kappa shape index (κ3) is 4.94. The van der Waals surface area contributed by atoms with Gasteiger partial charge in [-0.15, -0.1) is 0 Å². The van der Waals surface area contributed by atoms with Gasteiger partial charge in [-0.05, 0) is 31.6 Å². The van der Waals surface area contributed by atoms with Crippen molar-refractivity contribution in [2.75, 3.05) is 0 Å². The zero-order valence-corrected chi connectivity index (χ0v) is 14.0. The molecular weight excluding hydrogens is 280 g/mol. The fourth-order valence-electron chi connectivity index (χ4n) is 3.91. The lowest BCUT2D eigenvalue weighted by Crippen LogP contribution is -2.57. The highest BCUT2D eigenvalue weighted by Crippen LogP contribution is 2.29. The van der Waals surface area contributed by atoms with Crippen LogP contribution in [0.1, 0.15) is 83.5 Å². The summed E-state index contributed by atoms with van der Waals surface area (Å²) in [5.74, 6) is 0.728. The molecule has 3 N–H and O–H groups in total. The van der Waals surface area contributed by atoms with E-state index in [0.29, 0.717) is 17.3 Å². The summed E-state index contributed by atoms with van der Waals surface area (Å²) in [5, 5.41) is 3.24. The third-order valence-corrected chi connectivity index (χ3v) is 5.65. The zero-order valence-electron chi connectivity index (χ0n) is 13.2. The van der Waals surface area contributed by atoms with E-state index in [-0.39, 0.29) is 5.91 Å². The number of nitrogens with one attached hydrogen (secondary N) is 1. The van der Waals surface area contributed by atoms with Gasteiger partial charge >= 0.3 is 0 Å². The van der Waals surface area contributed by atoms with Gasteiger partial charge in [-0.25, -0.2) is 0 Å². The predicted molar refractivity (Wildman–Crippen MR) is 91.2 cm³/mol. The second-order valence-corrected chi connectivity index (χ2v) is 7.41. The lowest BCUT2D eigenvalue weighted by Gasteiger charge is -2.36. The van der Waals surface area contributed by atoms with Crippen molar-refractivity contribution >= 4 is 23.1 Å². The quantitative estimate of drug-likeness (QED) is 0.776. The Labute approximate surface area is 134 Å². The number of amides is 1. The Hall–Kier alpha value is -0.640. The molecule has 1 amide bonds. The Morgan fingerprint density at radius 2 is 1.52 bits per heavy atom. The molecule has 120 valence electrons. The SMILES string of the molecule is NC(=S)C1(NC(=O)CC2CCCCC2)CCCCCCC1. The van der Waals surface area contributed by atoms with E-state index in [4.69, 9.17) is 18.0 Å². The first-order chi connectivity index (χ1) is 10.1. The highest BCUT2D eigenvalue weighted by molar-refractivity contribution is 7.80. The van der Waals surface area contributed by atoms with Crippen LogP contribution in [0.3, 0.4) is 0 Å². The van der Waals surface area contributed by atoms with Crippen molar-refractivity contribution in [1.82, 2.24) is 5.32 Å². The van der Waals surface area contributed by atoms with E-state index in [1.807, 2.05) is 0 Å². The van der Waals surface area contributed by atoms with Gasteiger partial charge in [0.15, 0.2) is 0 Å². The van der Waals surface area contributed by atoms with Gasteiger partial charge in [0.2, 0.25) is 5.91 Å². The molecule has 2 aliphatic carbocycles. The lowest BCUT2D eigenvalue weighted by molar-refractivity contribution is -0.123. The van der Waals surface area contributed by atoms with Crippen LogP contribution in [0.5, 0.6) is 0 Å². The molecule has 0 unspecified atom stereocenters. The van der Waals surface area contributed by atoms with Gasteiger partial charge in [0, 0.05) is 6.42 Å². The summed E-state index contributed by atoms with van der Waals surface area (Å²) in [6, 6.07) is 0. The van der Waals surface area contributed by atoms with E-state index >= 15 is 0 Å². The highest BCUT2D eigenvalue weighted by Gasteiger charge is 2.35. The van der Waals surface area contributed by atoms with Gasteiger partial charge in [-0.2, -0.15) is 0 Å². The van der Waals surface area contributed by atoms with Crippen LogP contribution in [-0.4, -0.2) is 16.4 Å². The molecule has 2 rings (SSSR count). The van der Waals surface area contributed by atoms with Gasteiger partial charge in [0.25, 0.3) is 0 Å². The summed E-state index contributed by atoms with van der Waals surface area (Å²) < 4.78 is 0. The van der Waals surface area contributed by atoms with Crippen LogP contribution >= 0.6 is 12.2 Å². The highest BCUT2D eigenvalue weighted by atomic mass is 32.1. The summed E-state index contributed by atoms with van der Waals surface area (Å²) in [4.78, 5) is 12.9. The van der Waals surface area contributed by atoms with Crippen molar-refractivity contribution in [3.8, 4) is 0 Å². The van der Waals surface area contributed by atoms with E-state index in [9.17, 15) is 4.79 Å². The molecule has 0 bridgehead atoms. The minimum atomic E-state index is -0.415. The topological polar surface area (TPSA) is 55.1 Å². The van der Waals surface area contributed by atoms with Crippen molar-refractivity contribution in [3.63, 3.8) is 0 Å². The minimum Gasteiger partial charge on any atom is -0.391 e. The first-order valence-electron chi connectivity index (χ1n) is 8.73. The Morgan fingerprint density at radius 3 is 2.10 bits per heavy atom. The number of nitrogens with two attached hydrogens (primary N) is 1. The van der Waals surface area contributed by atoms with E-state index in [1.54, 1.807) is 0 Å². The molecule has 0 aliphatic heterocycles. The van der Waals surface area contributed by atoms with Gasteiger partial charge in [0.05, 0.1) is 10.5 Å². The summed E-state index contributed by atoms with van der Waals surface area (Å²) in [5.41, 5.74) is 5.61. The van der Waals surface area contributed by atoms with Crippen molar-refractivity contribution in [1.29, 1.82) is 0 Å². The second kappa shape index (κ2) is 8.11. The molecule has 2 fully saturated rings. The average molecular weight is 311 g/mol. The molecule has 0 spiro atoms. The van der Waals surface area contributed by atoms with Gasteiger partial charge in [0.1, 0.15) is 0 Å². The molecule has 0 saturated heterocycles. The molecule has 0 aromatic carbocycles. The van der Waals surface area contributed by atoms with Crippen LogP contribution in [0.15, 0.2) is 0 Å². The number of rotatable bonds is 4. The minimum absolute atomic E-state index is 0.162. The lowest BCUT2D eigenvalue weighted by atomic mass is 9.82. The molecule has 0 atom stereocenters. The van der Waals surface area contributed by atoms with Crippen LogP contribution in [0, 0.1) is 5.92 Å². The van der Waals surface area contributed by atoms with Crippen LogP contribution < -0.4 is 11.1 Å². The fraction of sp³-hybridized carbons (Fsp3) is 0.882. The Kier molecular flexibility index (Phi) is 6.46. The third-order valence-electron chi connectivity index (χ3n) is 5.26. The maximum atomic E-state index is 12.5. The van der Waals surface area contributed by atoms with Crippen molar-refractivity contribution in [2.24, 2.45) is 11.7 Å². The Bertz CT molecular complexity index is 356. The van der Waals surface area contributed by atoms with E-state index in [2.05, 4.69) is 5.32 Å². The first kappa shape index (κ1) is 16.7. The molecule has 21 heavy (non-hydrogen) atoms. The van der Waals surface area contributed by atoms with E-state index in [0.717, 1.165) is 25.7 Å². The fourth-order valence-corrected chi connectivity index (χ4v) is 4.17. The largest absolute Gasteiger partial charge is 0.391 e. The predicted octanol–water partition coefficient (Wildman–Crippen LogP) is 3.84. The van der Waals surface area contributed by atoms with E-state index < -0.39 is 5.54 Å². The number of carbonyl (C=O) groups excluding carboxylic acids is 1. The van der Waals surface area contributed by atoms with Crippen LogP contribution in [0.2, 0.25) is 0 Å². The number of carbonyl (C=O) groups is 1. The number of thiocarbonyl (C=S) groups is 1. The van der Waals surface area contributed by atoms with Gasteiger partial charge in [-0.1, -0.05) is 63.6 Å². The normalized spacial score (nSPS) is 23.8. The smallest absolute Gasteiger partial charge is 0.221 e. The van der Waals surface area contributed by atoms with Crippen molar-refractivity contribution in [2.45, 2.75) is 89.0 Å². The summed E-state index contributed by atoms with van der Waals surface area (Å²) in [6.07, 6.45) is 14.7. The zero-order chi connectivity index (χ0) is 15.1. The average Bonchev–Trinajstić information content (AvgIpc) is 2.42. The molecule has 4 heteroatoms. The Balaban J connectivity index is 1.93. The summed E-state index contributed by atoms with van der Waals surface area (Å²) in [7, 11) is 0. The summed E-state index contributed by atoms with van der Waals surface area (Å²) >= 11 is 5.32. The van der Waals surface area contributed by atoms with E-state index in [1.165, 1.54) is 51.4 Å². The maximum absolute atomic E-state index is 12.5. The molecule has 2 aliphatic rings. The Morgan fingerprint density at radius 1 is 1.00 bits per heavy atom. The monoisotopic (exact) mass is 310 g/mol. The van der Waals surface area contributed by atoms with Crippen molar-refractivity contribution < 1.29 is 4.79 Å².